The fourth-order valence-corrected chi connectivity index (χ4v) is 3.64. The second kappa shape index (κ2) is 3.21. The third kappa shape index (κ3) is 1.15. The third-order valence-corrected chi connectivity index (χ3v) is 4.19. The molecule has 0 radical (unpaired) electrons. The van der Waals surface area contributed by atoms with Crippen molar-refractivity contribution in [2.24, 2.45) is 0 Å². The Kier molecular flexibility index (Phi) is 2.02. The van der Waals surface area contributed by atoms with E-state index in [1.165, 1.54) is 26.7 Å². The van der Waals surface area contributed by atoms with E-state index in [4.69, 9.17) is 0 Å². The number of rotatable bonds is 0. The van der Waals surface area contributed by atoms with Crippen molar-refractivity contribution in [3.8, 4) is 11.1 Å². The highest BCUT2D eigenvalue weighted by Gasteiger charge is 2.36. The lowest BCUT2D eigenvalue weighted by molar-refractivity contribution is 0.657. The van der Waals surface area contributed by atoms with Gasteiger partial charge in [0.1, 0.15) is 0 Å². The van der Waals surface area contributed by atoms with Gasteiger partial charge in [-0.3, -0.25) is 0 Å². The van der Waals surface area contributed by atoms with Crippen LogP contribution < -0.4 is 0 Å². The first-order valence-corrected chi connectivity index (χ1v) is 6.30. The van der Waals surface area contributed by atoms with Gasteiger partial charge in [-0.1, -0.05) is 66.2 Å². The number of benzene rings is 2. The van der Waals surface area contributed by atoms with Gasteiger partial charge in [-0.15, -0.1) is 0 Å². The molecular formula is C15H13Br. The van der Waals surface area contributed by atoms with E-state index in [-0.39, 0.29) is 5.41 Å². The van der Waals surface area contributed by atoms with Crippen molar-refractivity contribution in [1.82, 2.24) is 0 Å². The maximum absolute atomic E-state index is 3.68. The van der Waals surface area contributed by atoms with Crippen LogP contribution in [0.1, 0.15) is 25.0 Å². The van der Waals surface area contributed by atoms with E-state index in [0.717, 1.165) is 0 Å². The summed E-state index contributed by atoms with van der Waals surface area (Å²) in [5, 5.41) is 0. The standard InChI is InChI=1S/C15H13Br/c1-15(2)12-8-4-3-6-10(12)11-7-5-9-13(16)14(11)15/h3-9H,1-2H3. The lowest BCUT2D eigenvalue weighted by Gasteiger charge is -2.22. The lowest BCUT2D eigenvalue weighted by atomic mass is 9.82. The fraction of sp³-hybridized carbons (Fsp3) is 0.200. The Morgan fingerprint density at radius 3 is 2.38 bits per heavy atom. The molecule has 0 unspecified atom stereocenters. The topological polar surface area (TPSA) is 0 Å². The van der Waals surface area contributed by atoms with E-state index in [9.17, 15) is 0 Å². The molecule has 0 bridgehead atoms. The van der Waals surface area contributed by atoms with Crippen LogP contribution in [0.5, 0.6) is 0 Å². The van der Waals surface area contributed by atoms with Crippen LogP contribution in [0.4, 0.5) is 0 Å². The summed E-state index contributed by atoms with van der Waals surface area (Å²) in [6.07, 6.45) is 0. The average Bonchev–Trinajstić information content (AvgIpc) is 2.50. The second-order valence-corrected chi connectivity index (χ2v) is 5.69. The molecule has 80 valence electrons. The summed E-state index contributed by atoms with van der Waals surface area (Å²) in [5.41, 5.74) is 5.69. The molecule has 0 aliphatic heterocycles. The lowest BCUT2D eigenvalue weighted by Crippen LogP contribution is -2.15. The minimum atomic E-state index is 0.103. The molecule has 0 nitrogen and oxygen atoms in total. The van der Waals surface area contributed by atoms with Gasteiger partial charge in [-0.05, 0) is 28.3 Å². The first kappa shape index (κ1) is 10.1. The highest BCUT2D eigenvalue weighted by atomic mass is 79.9. The maximum Gasteiger partial charge on any atom is 0.0222 e. The van der Waals surface area contributed by atoms with Gasteiger partial charge in [0.25, 0.3) is 0 Å². The SMILES string of the molecule is CC1(C)c2ccccc2-c2cccc(Br)c21. The molecule has 0 saturated carbocycles. The minimum Gasteiger partial charge on any atom is -0.0619 e. The zero-order chi connectivity index (χ0) is 11.3. The molecular weight excluding hydrogens is 260 g/mol. The number of hydrogen-bond donors (Lipinski definition) is 0. The van der Waals surface area contributed by atoms with Crippen molar-refractivity contribution >= 4 is 15.9 Å². The molecule has 0 amide bonds. The number of hydrogen-bond acceptors (Lipinski definition) is 0. The molecule has 16 heavy (non-hydrogen) atoms. The van der Waals surface area contributed by atoms with E-state index >= 15 is 0 Å². The second-order valence-electron chi connectivity index (χ2n) is 4.83. The molecule has 0 atom stereocenters. The quantitative estimate of drug-likeness (QED) is 0.649. The van der Waals surface area contributed by atoms with E-state index in [0.29, 0.717) is 0 Å². The van der Waals surface area contributed by atoms with Crippen molar-refractivity contribution in [1.29, 1.82) is 0 Å². The molecule has 0 aromatic heterocycles. The van der Waals surface area contributed by atoms with Crippen molar-refractivity contribution < 1.29 is 0 Å². The molecule has 0 heterocycles. The number of halogens is 1. The Morgan fingerprint density at radius 1 is 0.875 bits per heavy atom. The fourth-order valence-electron chi connectivity index (χ4n) is 2.78. The van der Waals surface area contributed by atoms with Gasteiger partial charge < -0.3 is 0 Å². The summed E-state index contributed by atoms with van der Waals surface area (Å²) in [4.78, 5) is 0. The van der Waals surface area contributed by atoms with Crippen LogP contribution in [0.15, 0.2) is 46.9 Å². The van der Waals surface area contributed by atoms with Crippen LogP contribution in [0.2, 0.25) is 0 Å². The zero-order valence-corrected chi connectivity index (χ0v) is 11.0. The molecule has 1 aliphatic rings. The predicted molar refractivity (Wildman–Crippen MR) is 71.7 cm³/mol. The Labute approximate surface area is 104 Å². The van der Waals surface area contributed by atoms with E-state index in [1.807, 2.05) is 0 Å². The van der Waals surface area contributed by atoms with Gasteiger partial charge in [0.15, 0.2) is 0 Å². The van der Waals surface area contributed by atoms with Crippen molar-refractivity contribution in [3.63, 3.8) is 0 Å². The van der Waals surface area contributed by atoms with Crippen molar-refractivity contribution in [3.05, 3.63) is 58.1 Å². The smallest absolute Gasteiger partial charge is 0.0222 e. The van der Waals surface area contributed by atoms with Gasteiger partial charge in [0, 0.05) is 9.89 Å². The summed E-state index contributed by atoms with van der Waals surface area (Å²) in [5.74, 6) is 0. The molecule has 1 aliphatic carbocycles. The van der Waals surface area contributed by atoms with Gasteiger partial charge in [0.05, 0.1) is 0 Å². The van der Waals surface area contributed by atoms with Crippen molar-refractivity contribution in [2.75, 3.05) is 0 Å². The Morgan fingerprint density at radius 2 is 1.56 bits per heavy atom. The molecule has 3 rings (SSSR count). The molecule has 1 heteroatoms. The Hall–Kier alpha value is -1.08. The molecule has 2 aromatic rings. The summed E-state index contributed by atoms with van der Waals surface area (Å²) in [7, 11) is 0. The van der Waals surface area contributed by atoms with Crippen LogP contribution in [0.25, 0.3) is 11.1 Å². The summed E-state index contributed by atoms with van der Waals surface area (Å²) in [6, 6.07) is 15.2. The highest BCUT2D eigenvalue weighted by molar-refractivity contribution is 9.10. The maximum atomic E-state index is 3.68. The van der Waals surface area contributed by atoms with Gasteiger partial charge in [0.2, 0.25) is 0 Å². The molecule has 2 aromatic carbocycles. The Balaban J connectivity index is 2.44. The predicted octanol–water partition coefficient (Wildman–Crippen LogP) is 4.76. The largest absolute Gasteiger partial charge is 0.0619 e. The van der Waals surface area contributed by atoms with Crippen molar-refractivity contribution in [2.45, 2.75) is 19.3 Å². The molecule has 0 spiro atoms. The summed E-state index contributed by atoms with van der Waals surface area (Å²) >= 11 is 3.68. The van der Waals surface area contributed by atoms with E-state index < -0.39 is 0 Å². The summed E-state index contributed by atoms with van der Waals surface area (Å²) < 4.78 is 1.21. The molecule has 0 N–H and O–H groups in total. The molecule has 0 fully saturated rings. The first-order chi connectivity index (χ1) is 7.62. The monoisotopic (exact) mass is 272 g/mol. The average molecular weight is 273 g/mol. The number of fused-ring (bicyclic) bond motifs is 3. The van der Waals surface area contributed by atoms with Gasteiger partial charge >= 0.3 is 0 Å². The van der Waals surface area contributed by atoms with Crippen LogP contribution in [-0.2, 0) is 5.41 Å². The van der Waals surface area contributed by atoms with Crippen LogP contribution in [-0.4, -0.2) is 0 Å². The van der Waals surface area contributed by atoms with Crippen LogP contribution >= 0.6 is 15.9 Å². The highest BCUT2D eigenvalue weighted by Crippen LogP contribution is 2.50. The molecule has 0 saturated heterocycles. The van der Waals surface area contributed by atoms with Gasteiger partial charge in [-0.25, -0.2) is 0 Å². The van der Waals surface area contributed by atoms with Crippen LogP contribution in [0.3, 0.4) is 0 Å². The third-order valence-electron chi connectivity index (χ3n) is 3.53. The Bertz CT molecular complexity index is 567. The minimum absolute atomic E-state index is 0.103. The summed E-state index contributed by atoms with van der Waals surface area (Å²) in [6.45, 7) is 4.59. The van der Waals surface area contributed by atoms with Crippen LogP contribution in [0, 0.1) is 0 Å². The van der Waals surface area contributed by atoms with E-state index in [2.05, 4.69) is 72.2 Å². The van der Waals surface area contributed by atoms with Gasteiger partial charge in [-0.2, -0.15) is 0 Å². The normalized spacial score (nSPS) is 15.7. The zero-order valence-electron chi connectivity index (χ0n) is 9.42. The first-order valence-electron chi connectivity index (χ1n) is 5.51. The van der Waals surface area contributed by atoms with E-state index in [1.54, 1.807) is 0 Å².